The molecule has 0 atom stereocenters. The Balaban J connectivity index is 2.43. The number of nitrogens with two attached hydrogens (primary N) is 1. The van der Waals surface area contributed by atoms with Crippen LogP contribution in [0.3, 0.4) is 0 Å². The highest BCUT2D eigenvalue weighted by Crippen LogP contribution is 2.10. The summed E-state index contributed by atoms with van der Waals surface area (Å²) in [6.45, 7) is 3.54. The van der Waals surface area contributed by atoms with E-state index in [-0.39, 0.29) is 0 Å². The summed E-state index contributed by atoms with van der Waals surface area (Å²) in [5, 5.41) is 5.31. The molecule has 0 radical (unpaired) electrons. The van der Waals surface area contributed by atoms with Crippen molar-refractivity contribution in [1.82, 2.24) is 5.12 Å². The smallest absolute Gasteiger partial charge is 0.181 e. The molecule has 104 valence electrons. The molecule has 0 fully saturated rings. The summed E-state index contributed by atoms with van der Waals surface area (Å²) in [6.07, 6.45) is 0. The van der Waals surface area contributed by atoms with Crippen molar-refractivity contribution in [3.05, 3.63) is 71.3 Å². The molecule has 21 heavy (non-hydrogen) atoms. The van der Waals surface area contributed by atoms with Gasteiger partial charge in [-0.05, 0) is 31.0 Å². The second-order valence-corrected chi connectivity index (χ2v) is 4.32. The van der Waals surface area contributed by atoms with Crippen molar-refractivity contribution in [3.8, 4) is 11.8 Å². The molecule has 0 aliphatic rings. The lowest BCUT2D eigenvalue weighted by atomic mass is 10.1. The average molecular weight is 276 g/mol. The second kappa shape index (κ2) is 7.04. The number of aliphatic imine (C=N–C) groups is 1. The van der Waals surface area contributed by atoms with E-state index in [1.165, 1.54) is 5.12 Å². The van der Waals surface area contributed by atoms with E-state index in [1.54, 1.807) is 7.05 Å². The Labute approximate surface area is 124 Å². The lowest BCUT2D eigenvalue weighted by Gasteiger charge is -2.08. The molecule has 2 rings (SSSR count). The van der Waals surface area contributed by atoms with Gasteiger partial charge in [-0.15, -0.1) is 5.10 Å². The molecule has 0 aliphatic carbocycles. The van der Waals surface area contributed by atoms with Crippen LogP contribution in [0.1, 0.15) is 16.7 Å². The highest BCUT2D eigenvalue weighted by atomic mass is 15.6. The van der Waals surface area contributed by atoms with Gasteiger partial charge in [0.1, 0.15) is 0 Å². The van der Waals surface area contributed by atoms with Crippen LogP contribution >= 0.6 is 0 Å². The number of nitrogens with zero attached hydrogens (tertiary/aromatic N) is 3. The zero-order chi connectivity index (χ0) is 15.1. The lowest BCUT2D eigenvalue weighted by molar-refractivity contribution is 0.372. The normalized spacial score (nSPS) is 10.5. The molecular formula is C17H16N4. The fourth-order valence-corrected chi connectivity index (χ4v) is 1.77. The van der Waals surface area contributed by atoms with Gasteiger partial charge in [-0.3, -0.25) is 0 Å². The van der Waals surface area contributed by atoms with Gasteiger partial charge in [-0.2, -0.15) is 0 Å². The third-order valence-electron chi connectivity index (χ3n) is 2.69. The second-order valence-electron chi connectivity index (χ2n) is 4.32. The van der Waals surface area contributed by atoms with Gasteiger partial charge >= 0.3 is 0 Å². The molecule has 0 heterocycles. The van der Waals surface area contributed by atoms with Gasteiger partial charge in [0.25, 0.3) is 0 Å². The number of hydrogen-bond acceptors (Lipinski definition) is 3. The van der Waals surface area contributed by atoms with Crippen molar-refractivity contribution in [2.24, 2.45) is 15.9 Å². The first-order valence-corrected chi connectivity index (χ1v) is 6.41. The van der Waals surface area contributed by atoms with E-state index in [9.17, 15) is 0 Å². The Morgan fingerprint density at radius 1 is 1.05 bits per heavy atom. The molecule has 0 bridgehead atoms. The van der Waals surface area contributed by atoms with E-state index in [0.717, 1.165) is 16.7 Å². The quantitative estimate of drug-likeness (QED) is 0.301. The van der Waals surface area contributed by atoms with Crippen molar-refractivity contribution in [3.63, 3.8) is 0 Å². The highest BCUT2D eigenvalue weighted by Gasteiger charge is 2.06. The topological polar surface area (TPSA) is 54.0 Å². The van der Waals surface area contributed by atoms with Crippen molar-refractivity contribution in [2.75, 3.05) is 7.05 Å². The molecule has 4 heteroatoms. The maximum Gasteiger partial charge on any atom is 0.181 e. The van der Waals surface area contributed by atoms with Crippen LogP contribution in [0, 0.1) is 11.8 Å². The van der Waals surface area contributed by atoms with Crippen LogP contribution in [-0.4, -0.2) is 24.7 Å². The SMILES string of the molecule is C=N/C(=N\N(C)N)c1ccccc1C#Cc1ccccc1. The van der Waals surface area contributed by atoms with Crippen LogP contribution in [0.4, 0.5) is 0 Å². The zero-order valence-corrected chi connectivity index (χ0v) is 11.8. The van der Waals surface area contributed by atoms with Crippen molar-refractivity contribution in [1.29, 1.82) is 0 Å². The van der Waals surface area contributed by atoms with Crippen molar-refractivity contribution in [2.45, 2.75) is 0 Å². The van der Waals surface area contributed by atoms with Crippen LogP contribution < -0.4 is 5.84 Å². The van der Waals surface area contributed by atoms with Gasteiger partial charge in [-0.25, -0.2) is 16.0 Å². The summed E-state index contributed by atoms with van der Waals surface area (Å²) in [7, 11) is 1.63. The maximum absolute atomic E-state index is 5.54. The van der Waals surface area contributed by atoms with Gasteiger partial charge < -0.3 is 0 Å². The summed E-state index contributed by atoms with van der Waals surface area (Å²) >= 11 is 0. The number of benzene rings is 2. The minimum atomic E-state index is 0.443. The molecule has 2 N–H and O–H groups in total. The first-order valence-electron chi connectivity index (χ1n) is 6.41. The van der Waals surface area contributed by atoms with Gasteiger partial charge in [0.15, 0.2) is 5.84 Å². The molecule has 4 nitrogen and oxygen atoms in total. The number of rotatable bonds is 2. The predicted octanol–water partition coefficient (Wildman–Crippen LogP) is 2.25. The number of amidine groups is 1. The first kappa shape index (κ1) is 14.5. The molecule has 0 saturated carbocycles. The average Bonchev–Trinajstić information content (AvgIpc) is 2.52. The van der Waals surface area contributed by atoms with Gasteiger partial charge in [0, 0.05) is 23.7 Å². The molecule has 0 aliphatic heterocycles. The summed E-state index contributed by atoms with van der Waals surface area (Å²) < 4.78 is 0. The van der Waals surface area contributed by atoms with E-state index in [0.29, 0.717) is 5.84 Å². The van der Waals surface area contributed by atoms with Crippen molar-refractivity contribution < 1.29 is 0 Å². The Kier molecular flexibility index (Phi) is 4.86. The fraction of sp³-hybridized carbons (Fsp3) is 0.0588. The van der Waals surface area contributed by atoms with E-state index < -0.39 is 0 Å². The molecule has 0 saturated heterocycles. The standard InChI is InChI=1S/C17H16N4/c1-19-17(20-21(2)18)16-11-7-6-10-15(16)13-12-14-8-4-3-5-9-14/h3-11H,1,18H2,2H3/b20-17-. The summed E-state index contributed by atoms with van der Waals surface area (Å²) in [4.78, 5) is 3.92. The van der Waals surface area contributed by atoms with Crippen LogP contribution in [0.2, 0.25) is 0 Å². The fourth-order valence-electron chi connectivity index (χ4n) is 1.77. The van der Waals surface area contributed by atoms with Crippen LogP contribution in [0.5, 0.6) is 0 Å². The Hall–Kier alpha value is -2.90. The van der Waals surface area contributed by atoms with E-state index >= 15 is 0 Å². The number of hydrazone groups is 1. The summed E-state index contributed by atoms with van der Waals surface area (Å²) in [5.74, 6) is 12.2. The van der Waals surface area contributed by atoms with Crippen molar-refractivity contribution >= 4 is 12.6 Å². The maximum atomic E-state index is 5.54. The number of hydrazine groups is 1. The molecular weight excluding hydrogens is 260 g/mol. The van der Waals surface area contributed by atoms with Crippen LogP contribution in [0.15, 0.2) is 64.7 Å². The third-order valence-corrected chi connectivity index (χ3v) is 2.69. The molecule has 2 aromatic rings. The van der Waals surface area contributed by atoms with E-state index in [4.69, 9.17) is 5.84 Å². The molecule has 2 aromatic carbocycles. The van der Waals surface area contributed by atoms with Gasteiger partial charge in [0.2, 0.25) is 0 Å². The first-order chi connectivity index (χ1) is 10.2. The van der Waals surface area contributed by atoms with E-state index in [1.807, 2.05) is 54.6 Å². The summed E-state index contributed by atoms with van der Waals surface area (Å²) in [6, 6.07) is 17.4. The minimum Gasteiger partial charge on any atom is -0.243 e. The molecule has 0 aromatic heterocycles. The third kappa shape index (κ3) is 4.03. The van der Waals surface area contributed by atoms with E-state index in [2.05, 4.69) is 28.7 Å². The van der Waals surface area contributed by atoms with Gasteiger partial charge in [0.05, 0.1) is 0 Å². The molecule has 0 amide bonds. The highest BCUT2D eigenvalue weighted by molar-refractivity contribution is 6.03. The van der Waals surface area contributed by atoms with Gasteiger partial charge in [-0.1, -0.05) is 42.2 Å². The monoisotopic (exact) mass is 276 g/mol. The summed E-state index contributed by atoms with van der Waals surface area (Å²) in [5.41, 5.74) is 2.58. The Morgan fingerprint density at radius 2 is 1.71 bits per heavy atom. The molecule has 0 spiro atoms. The largest absolute Gasteiger partial charge is 0.243 e. The lowest BCUT2D eigenvalue weighted by Crippen LogP contribution is -2.21. The molecule has 0 unspecified atom stereocenters. The Bertz CT molecular complexity index is 706. The Morgan fingerprint density at radius 3 is 2.38 bits per heavy atom. The van der Waals surface area contributed by atoms with Crippen LogP contribution in [-0.2, 0) is 0 Å². The zero-order valence-electron chi connectivity index (χ0n) is 11.8. The minimum absolute atomic E-state index is 0.443. The predicted molar refractivity (Wildman–Crippen MR) is 86.9 cm³/mol. The number of hydrogen-bond donors (Lipinski definition) is 1. The van der Waals surface area contributed by atoms with Crippen LogP contribution in [0.25, 0.3) is 0 Å².